The van der Waals surface area contributed by atoms with Crippen molar-refractivity contribution in [3.8, 4) is 11.6 Å². The van der Waals surface area contributed by atoms with Gasteiger partial charge in [-0.2, -0.15) is 0 Å². The highest BCUT2D eigenvalue weighted by molar-refractivity contribution is 9.10. The molecule has 1 fully saturated rings. The van der Waals surface area contributed by atoms with E-state index in [-0.39, 0.29) is 29.7 Å². The van der Waals surface area contributed by atoms with Crippen molar-refractivity contribution in [2.45, 2.75) is 32.7 Å². The SMILES string of the molecule is CC(C)NC(=O)C1CCN(C(=O)c2cccnc2Oc2ccc(F)cc2Br)CC1. The van der Waals surface area contributed by atoms with E-state index < -0.39 is 5.82 Å². The van der Waals surface area contributed by atoms with Gasteiger partial charge in [0.1, 0.15) is 17.1 Å². The van der Waals surface area contributed by atoms with Crippen molar-refractivity contribution >= 4 is 27.7 Å². The van der Waals surface area contributed by atoms with Crippen molar-refractivity contribution in [3.05, 3.63) is 52.4 Å². The molecule has 8 heteroatoms. The molecule has 1 aromatic carbocycles. The average Bonchev–Trinajstić information content (AvgIpc) is 2.69. The van der Waals surface area contributed by atoms with E-state index in [9.17, 15) is 14.0 Å². The predicted molar refractivity (Wildman–Crippen MR) is 110 cm³/mol. The Bertz CT molecular complexity index is 898. The van der Waals surface area contributed by atoms with E-state index in [0.717, 1.165) is 0 Å². The standard InChI is InChI=1S/C21H23BrFN3O3/c1-13(2)25-19(27)14-7-10-26(11-8-14)21(28)16-4-3-9-24-20(16)29-18-6-5-15(23)12-17(18)22/h3-6,9,12-14H,7-8,10-11H2,1-2H3,(H,25,27). The Morgan fingerprint density at radius 1 is 1.28 bits per heavy atom. The molecule has 1 aliphatic rings. The van der Waals surface area contributed by atoms with Gasteiger partial charge in [-0.3, -0.25) is 9.59 Å². The van der Waals surface area contributed by atoms with Crippen LogP contribution < -0.4 is 10.1 Å². The lowest BCUT2D eigenvalue weighted by atomic mass is 9.95. The second kappa shape index (κ2) is 9.35. The maximum absolute atomic E-state index is 13.3. The van der Waals surface area contributed by atoms with Crippen molar-refractivity contribution in [3.63, 3.8) is 0 Å². The summed E-state index contributed by atoms with van der Waals surface area (Å²) in [5.74, 6) is -0.118. The molecule has 2 amide bonds. The zero-order valence-corrected chi connectivity index (χ0v) is 17.9. The summed E-state index contributed by atoms with van der Waals surface area (Å²) in [4.78, 5) is 31.1. The topological polar surface area (TPSA) is 71.5 Å². The Morgan fingerprint density at radius 3 is 2.66 bits per heavy atom. The maximum Gasteiger partial charge on any atom is 0.259 e. The number of carbonyl (C=O) groups is 2. The van der Waals surface area contributed by atoms with E-state index >= 15 is 0 Å². The van der Waals surface area contributed by atoms with E-state index in [4.69, 9.17) is 4.74 Å². The summed E-state index contributed by atoms with van der Waals surface area (Å²) >= 11 is 3.25. The highest BCUT2D eigenvalue weighted by atomic mass is 79.9. The Hall–Kier alpha value is -2.48. The van der Waals surface area contributed by atoms with Gasteiger partial charge >= 0.3 is 0 Å². The molecule has 2 heterocycles. The van der Waals surface area contributed by atoms with Gasteiger partial charge in [0.25, 0.3) is 5.91 Å². The van der Waals surface area contributed by atoms with Crippen LogP contribution in [0.25, 0.3) is 0 Å². The monoisotopic (exact) mass is 463 g/mol. The Labute approximate surface area is 177 Å². The molecule has 0 spiro atoms. The molecule has 0 aliphatic carbocycles. The van der Waals surface area contributed by atoms with E-state index in [1.807, 2.05) is 13.8 Å². The molecular formula is C21H23BrFN3O3. The van der Waals surface area contributed by atoms with Gasteiger partial charge in [-0.1, -0.05) is 0 Å². The van der Waals surface area contributed by atoms with E-state index in [0.29, 0.717) is 41.7 Å². The first kappa shape index (κ1) is 21.2. The fourth-order valence-corrected chi connectivity index (χ4v) is 3.65. The van der Waals surface area contributed by atoms with Gasteiger partial charge in [0.05, 0.1) is 4.47 Å². The smallest absolute Gasteiger partial charge is 0.259 e. The molecule has 1 N–H and O–H groups in total. The number of hydrogen-bond donors (Lipinski definition) is 1. The van der Waals surface area contributed by atoms with Gasteiger partial charge in [-0.25, -0.2) is 9.37 Å². The molecule has 6 nitrogen and oxygen atoms in total. The van der Waals surface area contributed by atoms with Gasteiger partial charge < -0.3 is 15.0 Å². The third kappa shape index (κ3) is 5.32. The summed E-state index contributed by atoms with van der Waals surface area (Å²) in [5, 5.41) is 2.93. The van der Waals surface area contributed by atoms with Gasteiger partial charge in [-0.15, -0.1) is 0 Å². The quantitative estimate of drug-likeness (QED) is 0.722. The lowest BCUT2D eigenvalue weighted by Gasteiger charge is -2.32. The minimum Gasteiger partial charge on any atom is -0.437 e. The lowest BCUT2D eigenvalue weighted by molar-refractivity contribution is -0.126. The van der Waals surface area contributed by atoms with Crippen LogP contribution in [0.15, 0.2) is 41.0 Å². The third-order valence-corrected chi connectivity index (χ3v) is 5.31. The Kier molecular flexibility index (Phi) is 6.84. The molecule has 0 atom stereocenters. The number of nitrogens with zero attached hydrogens (tertiary/aromatic N) is 2. The van der Waals surface area contributed by atoms with Gasteiger partial charge in [-0.05, 0) is 73.0 Å². The number of aromatic nitrogens is 1. The molecule has 0 unspecified atom stereocenters. The highest BCUT2D eigenvalue weighted by Gasteiger charge is 2.29. The summed E-state index contributed by atoms with van der Waals surface area (Å²) in [5.41, 5.74) is 0.328. The molecule has 154 valence electrons. The van der Waals surface area contributed by atoms with Crippen LogP contribution in [0.5, 0.6) is 11.6 Å². The van der Waals surface area contributed by atoms with Crippen molar-refractivity contribution in [2.75, 3.05) is 13.1 Å². The number of benzene rings is 1. The molecule has 1 saturated heterocycles. The fourth-order valence-electron chi connectivity index (χ4n) is 3.21. The molecule has 29 heavy (non-hydrogen) atoms. The maximum atomic E-state index is 13.3. The molecule has 1 aliphatic heterocycles. The van der Waals surface area contributed by atoms with E-state index in [1.165, 1.54) is 24.4 Å². The van der Waals surface area contributed by atoms with Crippen LogP contribution in [0.4, 0.5) is 4.39 Å². The van der Waals surface area contributed by atoms with Crippen LogP contribution in [0.1, 0.15) is 37.0 Å². The number of carbonyl (C=O) groups excluding carboxylic acids is 2. The minimum atomic E-state index is -0.397. The van der Waals surface area contributed by atoms with Crippen molar-refractivity contribution in [2.24, 2.45) is 5.92 Å². The van der Waals surface area contributed by atoms with Gasteiger partial charge in [0.2, 0.25) is 11.8 Å². The fraction of sp³-hybridized carbons (Fsp3) is 0.381. The Morgan fingerprint density at radius 2 is 2.00 bits per heavy atom. The summed E-state index contributed by atoms with van der Waals surface area (Å²) in [6.07, 6.45) is 2.76. The van der Waals surface area contributed by atoms with Crippen LogP contribution in [0, 0.1) is 11.7 Å². The molecule has 3 rings (SSSR count). The summed E-state index contributed by atoms with van der Waals surface area (Å²) in [7, 11) is 0. The first-order valence-corrected chi connectivity index (χ1v) is 10.3. The molecular weight excluding hydrogens is 441 g/mol. The van der Waals surface area contributed by atoms with E-state index in [1.54, 1.807) is 17.0 Å². The number of nitrogens with one attached hydrogen (secondary N) is 1. The highest BCUT2D eigenvalue weighted by Crippen LogP contribution is 2.31. The minimum absolute atomic E-state index is 0.0404. The number of pyridine rings is 1. The summed E-state index contributed by atoms with van der Waals surface area (Å²) < 4.78 is 19.5. The van der Waals surface area contributed by atoms with Crippen LogP contribution in [0.2, 0.25) is 0 Å². The number of hydrogen-bond acceptors (Lipinski definition) is 4. The molecule has 0 bridgehead atoms. The van der Waals surface area contributed by atoms with Crippen LogP contribution in [0.3, 0.4) is 0 Å². The van der Waals surface area contributed by atoms with Crippen molar-refractivity contribution in [1.29, 1.82) is 0 Å². The molecule has 2 aromatic rings. The number of halogens is 2. The molecule has 0 radical (unpaired) electrons. The largest absolute Gasteiger partial charge is 0.437 e. The summed E-state index contributed by atoms with van der Waals surface area (Å²) in [6, 6.07) is 7.45. The van der Waals surface area contributed by atoms with Crippen molar-refractivity contribution < 1.29 is 18.7 Å². The normalized spacial score (nSPS) is 14.7. The average molecular weight is 464 g/mol. The zero-order valence-electron chi connectivity index (χ0n) is 16.3. The second-order valence-electron chi connectivity index (χ2n) is 7.26. The van der Waals surface area contributed by atoms with Gasteiger partial charge in [0, 0.05) is 31.2 Å². The van der Waals surface area contributed by atoms with Gasteiger partial charge in [0.15, 0.2) is 0 Å². The number of amides is 2. The van der Waals surface area contributed by atoms with Crippen LogP contribution in [-0.4, -0.2) is 40.8 Å². The molecule has 1 aromatic heterocycles. The first-order chi connectivity index (χ1) is 13.8. The molecule has 0 saturated carbocycles. The van der Waals surface area contributed by atoms with E-state index in [2.05, 4.69) is 26.2 Å². The predicted octanol–water partition coefficient (Wildman–Crippen LogP) is 4.15. The second-order valence-corrected chi connectivity index (χ2v) is 8.12. The Balaban J connectivity index is 1.70. The number of piperidine rings is 1. The third-order valence-electron chi connectivity index (χ3n) is 4.69. The number of ether oxygens (including phenoxy) is 1. The van der Waals surface area contributed by atoms with Crippen LogP contribution >= 0.6 is 15.9 Å². The summed E-state index contributed by atoms with van der Waals surface area (Å²) in [6.45, 7) is 4.84. The van der Waals surface area contributed by atoms with Crippen LogP contribution in [-0.2, 0) is 4.79 Å². The van der Waals surface area contributed by atoms with Crippen molar-refractivity contribution in [1.82, 2.24) is 15.2 Å². The number of likely N-dealkylation sites (tertiary alicyclic amines) is 1. The first-order valence-electron chi connectivity index (χ1n) is 9.52. The lowest BCUT2D eigenvalue weighted by Crippen LogP contribution is -2.44. The zero-order chi connectivity index (χ0) is 21.0. The number of rotatable bonds is 5.